The van der Waals surface area contributed by atoms with Gasteiger partial charge < -0.3 is 25.3 Å². The summed E-state index contributed by atoms with van der Waals surface area (Å²) >= 11 is 0.760. The number of aromatic hydroxyl groups is 1. The number of carboxylic acids is 1. The third-order valence-corrected chi connectivity index (χ3v) is 6.70. The highest BCUT2D eigenvalue weighted by Gasteiger charge is 2.30. The molecule has 8 heteroatoms. The van der Waals surface area contributed by atoms with E-state index in [0.29, 0.717) is 22.0 Å². The van der Waals surface area contributed by atoms with Gasteiger partial charge in [-0.1, -0.05) is 48.6 Å². The largest absolute Gasteiger partial charge is 0.506 e. The van der Waals surface area contributed by atoms with Crippen molar-refractivity contribution < 1.29 is 24.9 Å². The monoisotopic (exact) mass is 458 g/mol. The number of thiophene rings is 1. The van der Waals surface area contributed by atoms with Crippen molar-refractivity contribution in [1.82, 2.24) is 9.97 Å². The van der Waals surface area contributed by atoms with Crippen LogP contribution in [0, 0.1) is 0 Å². The second-order valence-electron chi connectivity index (χ2n) is 7.42. The predicted octanol–water partition coefficient (Wildman–Crippen LogP) is 5.02. The van der Waals surface area contributed by atoms with Gasteiger partial charge in [0.05, 0.1) is 17.7 Å². The highest BCUT2D eigenvalue weighted by Crippen LogP contribution is 2.45. The Kier molecular flexibility index (Phi) is 5.08. The van der Waals surface area contributed by atoms with E-state index in [-0.39, 0.29) is 27.7 Å². The molecular weight excluding hydrogens is 440 g/mol. The molecule has 7 nitrogen and oxygen atoms in total. The van der Waals surface area contributed by atoms with Gasteiger partial charge in [-0.25, -0.2) is 4.79 Å². The Morgan fingerprint density at radius 1 is 0.970 bits per heavy atom. The van der Waals surface area contributed by atoms with E-state index in [4.69, 9.17) is 5.11 Å². The molecule has 3 heterocycles. The summed E-state index contributed by atoms with van der Waals surface area (Å²) in [7, 11) is 0. The molecule has 0 amide bonds. The maximum atomic E-state index is 13.5. The van der Waals surface area contributed by atoms with E-state index < -0.39 is 11.8 Å². The fraction of sp³-hybridized carbons (Fsp3) is 0.0400. The third-order valence-electron chi connectivity index (χ3n) is 5.54. The Hall–Kier alpha value is -4.14. The molecule has 5 N–H and O–H groups in total. The number of nitrogens with one attached hydrogen (secondary N) is 2. The molecule has 2 aromatic carbocycles. The summed E-state index contributed by atoms with van der Waals surface area (Å²) in [6.07, 6.45) is 6.52. The van der Waals surface area contributed by atoms with Crippen LogP contribution >= 0.6 is 11.3 Å². The standard InChI is InChI=1S/C25H18N2O5S/c28-10-4-6-13-5-3-8-15-17(12-27-20(13)15)21(29)24-22(30)19(23(33-24)25(31)32)16-11-26-18-9-2-1-7-14(16)18/h1-9,11-12,26-28,30H,10H2,(H,31,32). The number of para-hydroxylation sites is 2. The number of aliphatic hydroxyl groups excluding tert-OH is 1. The minimum absolute atomic E-state index is 0.0371. The number of aliphatic hydroxyl groups is 1. The second kappa shape index (κ2) is 8.09. The molecule has 0 saturated carbocycles. The number of rotatable bonds is 6. The van der Waals surface area contributed by atoms with E-state index >= 15 is 0 Å². The van der Waals surface area contributed by atoms with Crippen LogP contribution in [0.25, 0.3) is 39.0 Å². The molecule has 0 fully saturated rings. The van der Waals surface area contributed by atoms with Crippen LogP contribution in [0.2, 0.25) is 0 Å². The van der Waals surface area contributed by atoms with Crippen molar-refractivity contribution in [3.8, 4) is 16.9 Å². The normalized spacial score (nSPS) is 11.7. The number of carboxylic acid groups (broad SMARTS) is 1. The van der Waals surface area contributed by atoms with Gasteiger partial charge in [-0.15, -0.1) is 11.3 Å². The Balaban J connectivity index is 1.67. The zero-order valence-electron chi connectivity index (χ0n) is 17.1. The molecule has 164 valence electrons. The van der Waals surface area contributed by atoms with Gasteiger partial charge >= 0.3 is 5.97 Å². The van der Waals surface area contributed by atoms with Crippen LogP contribution in [0.3, 0.4) is 0 Å². The number of benzene rings is 2. The van der Waals surface area contributed by atoms with Gasteiger partial charge in [0, 0.05) is 39.8 Å². The minimum Gasteiger partial charge on any atom is -0.506 e. The molecule has 0 bridgehead atoms. The number of carbonyl (C=O) groups is 2. The summed E-state index contributed by atoms with van der Waals surface area (Å²) in [5, 5.41) is 31.3. The first-order valence-corrected chi connectivity index (χ1v) is 10.9. The van der Waals surface area contributed by atoms with Crippen molar-refractivity contribution >= 4 is 51.0 Å². The van der Waals surface area contributed by atoms with E-state index in [0.717, 1.165) is 27.8 Å². The molecule has 0 aliphatic heterocycles. The minimum atomic E-state index is -1.22. The number of H-pyrrole nitrogens is 2. The van der Waals surface area contributed by atoms with Crippen molar-refractivity contribution in [3.05, 3.63) is 81.8 Å². The van der Waals surface area contributed by atoms with E-state index in [1.807, 2.05) is 30.3 Å². The average Bonchev–Trinajstić information content (AvgIpc) is 3.52. The van der Waals surface area contributed by atoms with Crippen molar-refractivity contribution in [2.75, 3.05) is 6.61 Å². The summed E-state index contributed by atoms with van der Waals surface area (Å²) < 4.78 is 0. The number of hydrogen-bond acceptors (Lipinski definition) is 5. The molecule has 33 heavy (non-hydrogen) atoms. The maximum absolute atomic E-state index is 13.5. The lowest BCUT2D eigenvalue weighted by atomic mass is 10.0. The summed E-state index contributed by atoms with van der Waals surface area (Å²) in [5.41, 5.74) is 3.26. The van der Waals surface area contributed by atoms with Crippen molar-refractivity contribution in [2.24, 2.45) is 0 Å². The number of hydrogen-bond donors (Lipinski definition) is 5. The Labute approximate surface area is 191 Å². The lowest BCUT2D eigenvalue weighted by Gasteiger charge is -2.02. The number of carbonyl (C=O) groups excluding carboxylic acids is 1. The van der Waals surface area contributed by atoms with E-state index in [2.05, 4.69) is 9.97 Å². The molecule has 0 aliphatic rings. The van der Waals surface area contributed by atoms with Crippen molar-refractivity contribution in [1.29, 1.82) is 0 Å². The Bertz CT molecular complexity index is 1570. The third kappa shape index (κ3) is 3.32. The van der Waals surface area contributed by atoms with Crippen LogP contribution in [0.1, 0.15) is 30.5 Å². The Morgan fingerprint density at radius 2 is 1.76 bits per heavy atom. The molecule has 0 spiro atoms. The highest BCUT2D eigenvalue weighted by atomic mass is 32.1. The maximum Gasteiger partial charge on any atom is 0.346 e. The molecule has 0 atom stereocenters. The van der Waals surface area contributed by atoms with Gasteiger partial charge in [-0.2, -0.15) is 0 Å². The van der Waals surface area contributed by atoms with Crippen LogP contribution in [0.5, 0.6) is 5.75 Å². The Morgan fingerprint density at radius 3 is 2.55 bits per heavy atom. The number of aromatic amines is 2. The predicted molar refractivity (Wildman–Crippen MR) is 128 cm³/mol. The van der Waals surface area contributed by atoms with Gasteiger partial charge in [0.2, 0.25) is 5.78 Å². The number of aromatic carboxylic acids is 1. The summed E-state index contributed by atoms with van der Waals surface area (Å²) in [6.45, 7) is -0.111. The second-order valence-corrected chi connectivity index (χ2v) is 8.44. The quantitative estimate of drug-likeness (QED) is 0.228. The molecule has 3 aromatic heterocycles. The van der Waals surface area contributed by atoms with Gasteiger partial charge in [0.25, 0.3) is 0 Å². The molecular formula is C25H18N2O5S. The summed E-state index contributed by atoms with van der Waals surface area (Å²) in [4.78, 5) is 31.5. The smallest absolute Gasteiger partial charge is 0.346 e. The topological polar surface area (TPSA) is 126 Å². The van der Waals surface area contributed by atoms with Crippen molar-refractivity contribution in [2.45, 2.75) is 0 Å². The van der Waals surface area contributed by atoms with Crippen LogP contribution in [-0.4, -0.2) is 43.6 Å². The van der Waals surface area contributed by atoms with Crippen molar-refractivity contribution in [3.63, 3.8) is 0 Å². The fourth-order valence-electron chi connectivity index (χ4n) is 4.06. The number of aromatic nitrogens is 2. The SMILES string of the molecule is O=C(O)c1sc(C(=O)c2c[nH]c3c(C=CCO)cccc23)c(O)c1-c1c[nH]c2ccccc12. The molecule has 5 aromatic rings. The van der Waals surface area contributed by atoms with Crippen LogP contribution < -0.4 is 0 Å². The lowest BCUT2D eigenvalue weighted by Crippen LogP contribution is -1.98. The van der Waals surface area contributed by atoms with Gasteiger partial charge in [-0.3, -0.25) is 4.79 Å². The van der Waals surface area contributed by atoms with E-state index in [9.17, 15) is 19.8 Å². The first-order valence-electron chi connectivity index (χ1n) is 10.1. The van der Waals surface area contributed by atoms with Crippen LogP contribution in [0.15, 0.2) is 60.9 Å². The zero-order chi connectivity index (χ0) is 23.1. The van der Waals surface area contributed by atoms with Gasteiger partial charge in [-0.05, 0) is 11.6 Å². The summed E-state index contributed by atoms with van der Waals surface area (Å²) in [5.74, 6) is -2.04. The fourth-order valence-corrected chi connectivity index (χ4v) is 5.06. The van der Waals surface area contributed by atoms with Crippen LogP contribution in [0.4, 0.5) is 0 Å². The molecule has 0 aliphatic carbocycles. The van der Waals surface area contributed by atoms with Crippen LogP contribution in [-0.2, 0) is 0 Å². The first-order chi connectivity index (χ1) is 16.0. The van der Waals surface area contributed by atoms with E-state index in [1.165, 1.54) is 0 Å². The van der Waals surface area contributed by atoms with Gasteiger partial charge in [0.1, 0.15) is 15.5 Å². The first kappa shape index (κ1) is 20.7. The highest BCUT2D eigenvalue weighted by molar-refractivity contribution is 7.17. The number of fused-ring (bicyclic) bond motifs is 2. The molecule has 5 rings (SSSR count). The average molecular weight is 458 g/mol. The summed E-state index contributed by atoms with van der Waals surface area (Å²) in [6, 6.07) is 12.8. The number of ketones is 1. The zero-order valence-corrected chi connectivity index (χ0v) is 17.9. The molecule has 0 saturated heterocycles. The lowest BCUT2D eigenvalue weighted by molar-refractivity contribution is 0.0702. The van der Waals surface area contributed by atoms with Gasteiger partial charge in [0.15, 0.2) is 0 Å². The van der Waals surface area contributed by atoms with E-state index in [1.54, 1.807) is 36.7 Å². The molecule has 0 radical (unpaired) electrons. The molecule has 0 unspecified atom stereocenters.